The van der Waals surface area contributed by atoms with Crippen LogP contribution in [0.4, 0.5) is 0 Å². The number of rotatable bonds is 3. The molecule has 12 heavy (non-hydrogen) atoms. The third-order valence-electron chi connectivity index (χ3n) is 3.17. The third kappa shape index (κ3) is 1.69. The first-order chi connectivity index (χ1) is 5.86. The minimum Gasteiger partial charge on any atom is -0.316 e. The lowest BCUT2D eigenvalue weighted by atomic mass is 9.90. The molecule has 0 radical (unpaired) electrons. The van der Waals surface area contributed by atoms with Crippen LogP contribution < -0.4 is 5.32 Å². The number of nitrogens with one attached hydrogen (secondary N) is 1. The topological polar surface area (TPSA) is 29.1 Å². The monoisotopic (exact) mass is 167 g/mol. The molecule has 2 heteroatoms. The van der Waals surface area contributed by atoms with Gasteiger partial charge in [0.2, 0.25) is 0 Å². The smallest absolute Gasteiger partial charge is 0.136 e. The van der Waals surface area contributed by atoms with Gasteiger partial charge in [-0.25, -0.2) is 0 Å². The van der Waals surface area contributed by atoms with E-state index in [-0.39, 0.29) is 0 Å². The van der Waals surface area contributed by atoms with Gasteiger partial charge in [-0.05, 0) is 31.8 Å². The average molecular weight is 167 g/mol. The molecule has 1 aliphatic carbocycles. The van der Waals surface area contributed by atoms with Crippen LogP contribution in [0.3, 0.4) is 0 Å². The first kappa shape index (κ1) is 8.24. The van der Waals surface area contributed by atoms with Gasteiger partial charge in [0.25, 0.3) is 0 Å². The Bertz CT molecular complexity index is 169. The van der Waals surface area contributed by atoms with E-state index in [9.17, 15) is 4.79 Å². The number of ketones is 1. The Morgan fingerprint density at radius 3 is 2.42 bits per heavy atom. The summed E-state index contributed by atoms with van der Waals surface area (Å²) in [5, 5.41) is 3.20. The van der Waals surface area contributed by atoms with Crippen LogP contribution in [0.1, 0.15) is 32.1 Å². The van der Waals surface area contributed by atoms with Gasteiger partial charge < -0.3 is 5.32 Å². The van der Waals surface area contributed by atoms with Crippen molar-refractivity contribution in [2.24, 2.45) is 11.8 Å². The maximum Gasteiger partial charge on any atom is 0.136 e. The van der Waals surface area contributed by atoms with Crippen LogP contribution in [0.2, 0.25) is 0 Å². The summed E-state index contributed by atoms with van der Waals surface area (Å²) in [4.78, 5) is 11.6. The molecule has 0 bridgehead atoms. The number of hydrogen-bond donors (Lipinski definition) is 1. The second kappa shape index (κ2) is 3.56. The Labute approximate surface area is 73.7 Å². The van der Waals surface area contributed by atoms with Crippen LogP contribution in [-0.4, -0.2) is 18.9 Å². The van der Waals surface area contributed by atoms with E-state index >= 15 is 0 Å². The van der Waals surface area contributed by atoms with Crippen molar-refractivity contribution in [2.75, 3.05) is 13.1 Å². The second-order valence-corrected chi connectivity index (χ2v) is 4.18. The van der Waals surface area contributed by atoms with E-state index in [0.717, 1.165) is 19.5 Å². The fraction of sp³-hybridized carbons (Fsp3) is 0.900. The largest absolute Gasteiger partial charge is 0.316 e. The summed E-state index contributed by atoms with van der Waals surface area (Å²) in [6.45, 7) is 2.14. The fourth-order valence-corrected chi connectivity index (χ4v) is 2.19. The summed E-state index contributed by atoms with van der Waals surface area (Å²) >= 11 is 0. The van der Waals surface area contributed by atoms with Crippen molar-refractivity contribution in [2.45, 2.75) is 32.1 Å². The fourth-order valence-electron chi connectivity index (χ4n) is 2.19. The van der Waals surface area contributed by atoms with E-state index in [2.05, 4.69) is 5.32 Å². The lowest BCUT2D eigenvalue weighted by Crippen LogP contribution is -2.43. The van der Waals surface area contributed by atoms with E-state index in [1.165, 1.54) is 25.7 Å². The van der Waals surface area contributed by atoms with E-state index in [1.54, 1.807) is 0 Å². The van der Waals surface area contributed by atoms with Crippen molar-refractivity contribution in [1.82, 2.24) is 5.32 Å². The Morgan fingerprint density at radius 2 is 1.92 bits per heavy atom. The Kier molecular flexibility index (Phi) is 2.45. The second-order valence-electron chi connectivity index (χ2n) is 4.18. The predicted octanol–water partition coefficient (Wildman–Crippen LogP) is 1.36. The molecule has 0 atom stereocenters. The number of hydrogen-bond acceptors (Lipinski definition) is 2. The molecule has 1 N–H and O–H groups in total. The van der Waals surface area contributed by atoms with Gasteiger partial charge >= 0.3 is 0 Å². The molecule has 0 aromatic heterocycles. The van der Waals surface area contributed by atoms with Gasteiger partial charge in [-0.3, -0.25) is 4.79 Å². The molecule has 0 aromatic carbocycles. The summed E-state index contributed by atoms with van der Waals surface area (Å²) in [6, 6.07) is 0. The molecule has 1 saturated heterocycles. The van der Waals surface area contributed by atoms with Crippen LogP contribution in [0.5, 0.6) is 0 Å². The molecular weight excluding hydrogens is 150 g/mol. The van der Waals surface area contributed by atoms with Gasteiger partial charge in [0.15, 0.2) is 0 Å². The number of carbonyl (C=O) groups is 1. The Balaban J connectivity index is 1.74. The van der Waals surface area contributed by atoms with E-state index < -0.39 is 0 Å². The minimum atomic E-state index is 0.436. The van der Waals surface area contributed by atoms with Gasteiger partial charge in [-0.15, -0.1) is 0 Å². The quantitative estimate of drug-likeness (QED) is 0.687. The third-order valence-corrected chi connectivity index (χ3v) is 3.17. The number of carbonyl (C=O) groups excluding carboxylic acids is 1. The number of Topliss-reactive ketones (excluding diaryl/α,β-unsaturated/α-hetero) is 1. The van der Waals surface area contributed by atoms with Gasteiger partial charge in [-0.2, -0.15) is 0 Å². The normalized spacial score (nSPS) is 25.7. The molecule has 0 amide bonds. The molecule has 68 valence electrons. The van der Waals surface area contributed by atoms with Gasteiger partial charge in [-0.1, -0.05) is 12.8 Å². The summed E-state index contributed by atoms with van der Waals surface area (Å²) in [6.07, 6.45) is 5.73. The lowest BCUT2D eigenvalue weighted by molar-refractivity contribution is -0.123. The van der Waals surface area contributed by atoms with E-state index in [0.29, 0.717) is 17.6 Å². The standard InChI is InChI=1S/C10H17NO/c12-10(5-8-6-11-7-8)9-3-1-2-4-9/h8-9,11H,1-7H2. The van der Waals surface area contributed by atoms with Crippen molar-refractivity contribution in [1.29, 1.82) is 0 Å². The van der Waals surface area contributed by atoms with Crippen LogP contribution >= 0.6 is 0 Å². The molecule has 2 nitrogen and oxygen atoms in total. The maximum atomic E-state index is 11.6. The zero-order valence-corrected chi connectivity index (χ0v) is 7.51. The molecule has 0 unspecified atom stereocenters. The summed E-state index contributed by atoms with van der Waals surface area (Å²) < 4.78 is 0. The van der Waals surface area contributed by atoms with Crippen LogP contribution in [0.15, 0.2) is 0 Å². The van der Waals surface area contributed by atoms with Gasteiger partial charge in [0, 0.05) is 12.3 Å². The maximum absolute atomic E-state index is 11.6. The zero-order chi connectivity index (χ0) is 8.39. The summed E-state index contributed by atoms with van der Waals surface area (Å²) in [7, 11) is 0. The van der Waals surface area contributed by atoms with Crippen LogP contribution in [0.25, 0.3) is 0 Å². The van der Waals surface area contributed by atoms with Gasteiger partial charge in [0.1, 0.15) is 5.78 Å². The molecule has 1 saturated carbocycles. The lowest BCUT2D eigenvalue weighted by Gasteiger charge is -2.27. The highest BCUT2D eigenvalue weighted by Gasteiger charge is 2.27. The van der Waals surface area contributed by atoms with Crippen LogP contribution in [0, 0.1) is 11.8 Å². The van der Waals surface area contributed by atoms with Crippen molar-refractivity contribution < 1.29 is 4.79 Å². The predicted molar refractivity (Wildman–Crippen MR) is 47.9 cm³/mol. The SMILES string of the molecule is O=C(CC1CNC1)C1CCCC1. The summed E-state index contributed by atoms with van der Waals surface area (Å²) in [5.74, 6) is 1.64. The van der Waals surface area contributed by atoms with Crippen LogP contribution in [-0.2, 0) is 4.79 Å². The van der Waals surface area contributed by atoms with Crippen molar-refractivity contribution in [3.8, 4) is 0 Å². The van der Waals surface area contributed by atoms with E-state index in [4.69, 9.17) is 0 Å². The highest BCUT2D eigenvalue weighted by molar-refractivity contribution is 5.81. The van der Waals surface area contributed by atoms with Crippen molar-refractivity contribution in [3.05, 3.63) is 0 Å². The van der Waals surface area contributed by atoms with E-state index in [1.807, 2.05) is 0 Å². The highest BCUT2D eigenvalue weighted by Crippen LogP contribution is 2.27. The molecule has 2 fully saturated rings. The molecule has 1 aliphatic heterocycles. The highest BCUT2D eigenvalue weighted by atomic mass is 16.1. The Morgan fingerprint density at radius 1 is 1.25 bits per heavy atom. The Hall–Kier alpha value is -0.370. The first-order valence-corrected chi connectivity index (χ1v) is 5.09. The molecule has 2 rings (SSSR count). The van der Waals surface area contributed by atoms with Gasteiger partial charge in [0.05, 0.1) is 0 Å². The average Bonchev–Trinajstić information content (AvgIpc) is 2.47. The molecule has 0 aromatic rings. The first-order valence-electron chi connectivity index (χ1n) is 5.09. The molecule has 2 aliphatic rings. The van der Waals surface area contributed by atoms with Crippen molar-refractivity contribution >= 4 is 5.78 Å². The van der Waals surface area contributed by atoms with Crippen molar-refractivity contribution in [3.63, 3.8) is 0 Å². The summed E-state index contributed by atoms with van der Waals surface area (Å²) in [5.41, 5.74) is 0. The zero-order valence-electron chi connectivity index (χ0n) is 7.51. The molecule has 1 heterocycles. The molecular formula is C10H17NO. The minimum absolute atomic E-state index is 0.436. The molecule has 0 spiro atoms.